The Morgan fingerprint density at radius 3 is 2.44 bits per heavy atom. The van der Waals surface area contributed by atoms with Gasteiger partial charge in [0, 0.05) is 23.6 Å². The van der Waals surface area contributed by atoms with Gasteiger partial charge in [-0.25, -0.2) is 17.9 Å². The highest BCUT2D eigenvalue weighted by molar-refractivity contribution is 7.89. The molecular formula is C27H32ClNO6S. The third-order valence-electron chi connectivity index (χ3n) is 5.84. The molecular weight excluding hydrogens is 502 g/mol. The van der Waals surface area contributed by atoms with E-state index >= 15 is 0 Å². The Hall–Kier alpha value is -2.68. The number of hydrogen-bond donors (Lipinski definition) is 1. The van der Waals surface area contributed by atoms with Crippen LogP contribution in [0.3, 0.4) is 0 Å². The largest absolute Gasteiger partial charge is 0.469 e. The molecule has 0 fully saturated rings. The van der Waals surface area contributed by atoms with Crippen molar-refractivity contribution in [3.8, 4) is 0 Å². The minimum atomic E-state index is -3.74. The van der Waals surface area contributed by atoms with Crippen LogP contribution in [0.1, 0.15) is 55.9 Å². The van der Waals surface area contributed by atoms with Gasteiger partial charge in [-0.2, -0.15) is 0 Å². The number of rotatable bonds is 8. The number of esters is 2. The first-order valence-electron chi connectivity index (χ1n) is 11.8. The second-order valence-electron chi connectivity index (χ2n) is 9.73. The number of halogens is 1. The molecule has 0 saturated heterocycles. The van der Waals surface area contributed by atoms with E-state index in [4.69, 9.17) is 21.1 Å². The lowest BCUT2D eigenvalue weighted by atomic mass is 9.82. The molecule has 1 unspecified atom stereocenters. The zero-order valence-electron chi connectivity index (χ0n) is 21.0. The van der Waals surface area contributed by atoms with Crippen molar-refractivity contribution in [2.75, 3.05) is 7.11 Å². The number of benzene rings is 2. The first-order chi connectivity index (χ1) is 16.9. The molecule has 0 spiro atoms. The summed E-state index contributed by atoms with van der Waals surface area (Å²) in [5, 5.41) is 0.460. The Balaban J connectivity index is 1.88. The van der Waals surface area contributed by atoms with Crippen LogP contribution in [0, 0.1) is 0 Å². The summed E-state index contributed by atoms with van der Waals surface area (Å²) >= 11 is 5.90. The maximum absolute atomic E-state index is 13.0. The van der Waals surface area contributed by atoms with Crippen molar-refractivity contribution in [3.63, 3.8) is 0 Å². The van der Waals surface area contributed by atoms with Gasteiger partial charge in [0.25, 0.3) is 0 Å². The van der Waals surface area contributed by atoms with E-state index in [0.717, 1.165) is 22.3 Å². The topological polar surface area (TPSA) is 98.8 Å². The molecule has 0 radical (unpaired) electrons. The summed E-state index contributed by atoms with van der Waals surface area (Å²) in [6.07, 6.45) is 5.54. The van der Waals surface area contributed by atoms with Crippen LogP contribution in [-0.2, 0) is 48.3 Å². The lowest BCUT2D eigenvalue weighted by Crippen LogP contribution is -2.39. The molecule has 7 nitrogen and oxygen atoms in total. The minimum absolute atomic E-state index is 0.148. The first-order valence-corrected chi connectivity index (χ1v) is 13.6. The lowest BCUT2D eigenvalue weighted by Gasteiger charge is -2.29. The van der Waals surface area contributed by atoms with Gasteiger partial charge in [-0.1, -0.05) is 23.7 Å². The van der Waals surface area contributed by atoms with Gasteiger partial charge in [0.1, 0.15) is 5.60 Å². The van der Waals surface area contributed by atoms with Crippen molar-refractivity contribution in [2.24, 2.45) is 0 Å². The summed E-state index contributed by atoms with van der Waals surface area (Å²) < 4.78 is 38.9. The molecule has 0 saturated carbocycles. The predicted octanol–water partition coefficient (Wildman–Crippen LogP) is 4.64. The van der Waals surface area contributed by atoms with Crippen LogP contribution in [0.15, 0.2) is 47.4 Å². The van der Waals surface area contributed by atoms with Crippen LogP contribution in [-0.4, -0.2) is 39.1 Å². The third kappa shape index (κ3) is 7.66. The smallest absolute Gasteiger partial charge is 0.331 e. The summed E-state index contributed by atoms with van der Waals surface area (Å²) in [6.45, 7) is 5.40. The number of hydrogen-bond acceptors (Lipinski definition) is 6. The third-order valence-corrected chi connectivity index (χ3v) is 7.62. The van der Waals surface area contributed by atoms with Crippen LogP contribution in [0.4, 0.5) is 0 Å². The molecule has 0 aromatic heterocycles. The van der Waals surface area contributed by atoms with E-state index in [0.29, 0.717) is 30.7 Å². The molecule has 1 aliphatic carbocycles. The predicted molar refractivity (Wildman–Crippen MR) is 139 cm³/mol. The number of methoxy groups -OCH3 is 1. The number of sulfonamides is 1. The normalized spacial score (nSPS) is 16.0. The van der Waals surface area contributed by atoms with Crippen LogP contribution in [0.2, 0.25) is 5.02 Å². The molecule has 2 aromatic carbocycles. The van der Waals surface area contributed by atoms with E-state index < -0.39 is 21.6 Å². The van der Waals surface area contributed by atoms with Crippen molar-refractivity contribution in [3.05, 3.63) is 69.8 Å². The van der Waals surface area contributed by atoms with Crippen molar-refractivity contribution >= 4 is 39.6 Å². The number of nitrogens with one attached hydrogen (secondary N) is 1. The molecule has 0 amide bonds. The quantitative estimate of drug-likeness (QED) is 0.392. The van der Waals surface area contributed by atoms with Crippen LogP contribution >= 0.6 is 11.6 Å². The van der Waals surface area contributed by atoms with E-state index in [1.54, 1.807) is 39.0 Å². The zero-order valence-corrected chi connectivity index (χ0v) is 22.5. The van der Waals surface area contributed by atoms with Gasteiger partial charge in [-0.15, -0.1) is 0 Å². The van der Waals surface area contributed by atoms with Gasteiger partial charge in [0.15, 0.2) is 0 Å². The van der Waals surface area contributed by atoms with E-state index in [1.807, 2.05) is 12.1 Å². The van der Waals surface area contributed by atoms with Gasteiger partial charge < -0.3 is 9.47 Å². The van der Waals surface area contributed by atoms with Gasteiger partial charge in [0.2, 0.25) is 10.0 Å². The molecule has 36 heavy (non-hydrogen) atoms. The minimum Gasteiger partial charge on any atom is -0.469 e. The second kappa shape index (κ2) is 11.6. The highest BCUT2D eigenvalue weighted by Gasteiger charge is 2.27. The summed E-state index contributed by atoms with van der Waals surface area (Å²) in [5.41, 5.74) is 3.25. The molecule has 0 heterocycles. The highest BCUT2D eigenvalue weighted by Crippen LogP contribution is 2.30. The second-order valence-corrected chi connectivity index (χ2v) is 11.9. The summed E-state index contributed by atoms with van der Waals surface area (Å²) in [6, 6.07) is 9.54. The Morgan fingerprint density at radius 1 is 1.11 bits per heavy atom. The van der Waals surface area contributed by atoms with E-state index in [-0.39, 0.29) is 23.3 Å². The van der Waals surface area contributed by atoms with Crippen molar-refractivity contribution in [1.29, 1.82) is 0 Å². The Labute approximate surface area is 217 Å². The number of aryl methyl sites for hydroxylation is 1. The molecule has 194 valence electrons. The van der Waals surface area contributed by atoms with Crippen molar-refractivity contribution < 1.29 is 27.5 Å². The van der Waals surface area contributed by atoms with E-state index in [2.05, 4.69) is 4.72 Å². The lowest BCUT2D eigenvalue weighted by molar-refractivity contribution is -0.148. The average Bonchev–Trinajstić information content (AvgIpc) is 2.80. The fourth-order valence-corrected chi connectivity index (χ4v) is 5.60. The molecule has 1 aliphatic rings. The first kappa shape index (κ1) is 27.9. The fourth-order valence-electron chi connectivity index (χ4n) is 4.20. The monoisotopic (exact) mass is 533 g/mol. The Morgan fingerprint density at radius 2 is 1.81 bits per heavy atom. The molecule has 0 bridgehead atoms. The van der Waals surface area contributed by atoms with E-state index in [9.17, 15) is 18.0 Å². The SMILES string of the molecule is COC(=O)CCc1ccc(C=CC(=O)OC(C)(C)C)c2c1CCC(NS(=O)(=O)c1ccc(Cl)cc1)C2. The highest BCUT2D eigenvalue weighted by atomic mass is 35.5. The standard InChI is InChI=1S/C27H32ClNO6S/c1-27(2,3)35-26(31)16-8-19-6-5-18(7-15-25(30)34-4)23-14-11-21(17-24(19)23)29-36(32,33)22-12-9-20(28)10-13-22/h5-6,8-10,12-13,16,21,29H,7,11,14-15,17H2,1-4H3. The molecule has 0 aliphatic heterocycles. The fraction of sp³-hybridized carbons (Fsp3) is 0.407. The van der Waals surface area contributed by atoms with Gasteiger partial charge in [-0.05, 0) is 99.0 Å². The summed E-state index contributed by atoms with van der Waals surface area (Å²) in [4.78, 5) is 24.1. The Kier molecular flexibility index (Phi) is 8.98. The Bertz CT molecular complexity index is 1250. The van der Waals surface area contributed by atoms with Gasteiger partial charge in [-0.3, -0.25) is 4.79 Å². The van der Waals surface area contributed by atoms with Gasteiger partial charge in [0.05, 0.1) is 12.0 Å². The van der Waals surface area contributed by atoms with Crippen LogP contribution < -0.4 is 4.72 Å². The number of carbonyl (C=O) groups excluding carboxylic acids is 2. The van der Waals surface area contributed by atoms with Crippen LogP contribution in [0.5, 0.6) is 0 Å². The molecule has 1 N–H and O–H groups in total. The summed E-state index contributed by atoms with van der Waals surface area (Å²) in [5.74, 6) is -0.746. The van der Waals surface area contributed by atoms with Gasteiger partial charge >= 0.3 is 11.9 Å². The summed E-state index contributed by atoms with van der Waals surface area (Å²) in [7, 11) is -2.37. The number of carbonyl (C=O) groups is 2. The molecule has 3 rings (SSSR count). The molecule has 1 atom stereocenters. The number of ether oxygens (including phenoxy) is 2. The average molecular weight is 534 g/mol. The van der Waals surface area contributed by atoms with E-state index in [1.165, 1.54) is 25.3 Å². The zero-order chi connectivity index (χ0) is 26.5. The van der Waals surface area contributed by atoms with Crippen LogP contribution in [0.25, 0.3) is 6.08 Å². The molecule has 9 heteroatoms. The van der Waals surface area contributed by atoms with Crippen molar-refractivity contribution in [2.45, 2.75) is 69.4 Å². The number of fused-ring (bicyclic) bond motifs is 1. The maximum atomic E-state index is 13.0. The van der Waals surface area contributed by atoms with Crippen molar-refractivity contribution in [1.82, 2.24) is 4.72 Å². The molecule has 2 aromatic rings. The maximum Gasteiger partial charge on any atom is 0.331 e.